The van der Waals surface area contributed by atoms with Gasteiger partial charge in [0.05, 0.1) is 7.11 Å². The molecular weight excluding hydrogens is 420 g/mol. The predicted molar refractivity (Wildman–Crippen MR) is 122 cm³/mol. The molecule has 33 heavy (non-hydrogen) atoms. The van der Waals surface area contributed by atoms with Gasteiger partial charge < -0.3 is 19.5 Å². The zero-order valence-electron chi connectivity index (χ0n) is 18.8. The third kappa shape index (κ3) is 5.97. The van der Waals surface area contributed by atoms with Crippen LogP contribution in [0.4, 0.5) is 0 Å². The van der Waals surface area contributed by atoms with E-state index in [0.29, 0.717) is 44.1 Å². The molecule has 2 amide bonds. The van der Waals surface area contributed by atoms with Crippen LogP contribution in [0.25, 0.3) is 11.4 Å². The fourth-order valence-electron chi connectivity index (χ4n) is 3.86. The Morgan fingerprint density at radius 1 is 1.09 bits per heavy atom. The summed E-state index contributed by atoms with van der Waals surface area (Å²) in [5.41, 5.74) is 3.37. The van der Waals surface area contributed by atoms with E-state index in [0.717, 1.165) is 24.3 Å². The van der Waals surface area contributed by atoms with Crippen molar-refractivity contribution in [2.45, 2.75) is 38.6 Å². The van der Waals surface area contributed by atoms with Gasteiger partial charge in [0.25, 0.3) is 0 Å². The summed E-state index contributed by atoms with van der Waals surface area (Å²) >= 11 is 0. The molecule has 0 atom stereocenters. The van der Waals surface area contributed by atoms with Crippen LogP contribution >= 0.6 is 0 Å². The Balaban J connectivity index is 1.14. The number of hydrogen-bond acceptors (Lipinski definition) is 6. The average Bonchev–Trinajstić information content (AvgIpc) is 3.34. The number of aromatic nitrogens is 2. The van der Waals surface area contributed by atoms with Crippen LogP contribution in [0.2, 0.25) is 0 Å². The first kappa shape index (κ1) is 22.5. The van der Waals surface area contributed by atoms with Crippen LogP contribution < -0.4 is 10.1 Å². The lowest BCUT2D eigenvalue weighted by molar-refractivity contribution is -0.132. The van der Waals surface area contributed by atoms with Gasteiger partial charge in [-0.05, 0) is 48.2 Å². The van der Waals surface area contributed by atoms with E-state index in [1.54, 1.807) is 7.11 Å². The highest BCUT2D eigenvalue weighted by Gasteiger charge is 2.19. The maximum absolute atomic E-state index is 12.5. The molecule has 0 saturated heterocycles. The Morgan fingerprint density at radius 2 is 1.88 bits per heavy atom. The fourth-order valence-corrected chi connectivity index (χ4v) is 3.86. The Kier molecular flexibility index (Phi) is 7.34. The van der Waals surface area contributed by atoms with E-state index in [9.17, 15) is 9.59 Å². The van der Waals surface area contributed by atoms with Crippen molar-refractivity contribution in [2.75, 3.05) is 20.2 Å². The summed E-state index contributed by atoms with van der Waals surface area (Å²) < 4.78 is 10.4. The number of carbonyl (C=O) groups is 2. The number of fused-ring (bicyclic) bond motifs is 1. The minimum absolute atomic E-state index is 0.0986. The van der Waals surface area contributed by atoms with E-state index in [1.165, 1.54) is 11.1 Å². The van der Waals surface area contributed by atoms with Crippen LogP contribution in [0.15, 0.2) is 53.1 Å². The first-order valence-electron chi connectivity index (χ1n) is 11.2. The second kappa shape index (κ2) is 10.8. The molecule has 8 heteroatoms. The van der Waals surface area contributed by atoms with Crippen molar-refractivity contribution in [2.24, 2.45) is 0 Å². The van der Waals surface area contributed by atoms with Crippen molar-refractivity contribution in [3.8, 4) is 17.1 Å². The Labute approximate surface area is 192 Å². The standard InChI is InChI=1S/C25H28N4O4/c1-32-21-10-8-19(9-11-21)25-27-23(33-28-25)13-12-22(30)26-15-4-7-24(31)29-16-14-18-5-2-3-6-20(18)17-29/h2-3,5-6,8-11H,4,7,12-17H2,1H3,(H,26,30). The van der Waals surface area contributed by atoms with Crippen molar-refractivity contribution in [1.82, 2.24) is 20.4 Å². The molecule has 0 spiro atoms. The van der Waals surface area contributed by atoms with Gasteiger partial charge in [-0.2, -0.15) is 4.98 Å². The van der Waals surface area contributed by atoms with E-state index in [-0.39, 0.29) is 18.2 Å². The number of nitrogens with zero attached hydrogens (tertiary/aromatic N) is 3. The summed E-state index contributed by atoms with van der Waals surface area (Å²) in [6, 6.07) is 15.6. The first-order chi connectivity index (χ1) is 16.1. The molecule has 0 saturated carbocycles. The van der Waals surface area contributed by atoms with Gasteiger partial charge in [0.2, 0.25) is 23.5 Å². The second-order valence-electron chi connectivity index (χ2n) is 8.03. The molecule has 0 aliphatic carbocycles. The number of nitrogens with one attached hydrogen (secondary N) is 1. The van der Waals surface area contributed by atoms with Gasteiger partial charge in [-0.3, -0.25) is 9.59 Å². The topological polar surface area (TPSA) is 97.6 Å². The van der Waals surface area contributed by atoms with Crippen LogP contribution in [-0.2, 0) is 29.0 Å². The highest BCUT2D eigenvalue weighted by molar-refractivity contribution is 5.77. The molecule has 1 aliphatic rings. The minimum atomic E-state index is -0.0986. The predicted octanol–water partition coefficient (Wildman–Crippen LogP) is 3.16. The molecule has 0 unspecified atom stereocenters. The fraction of sp³-hybridized carbons (Fsp3) is 0.360. The first-order valence-corrected chi connectivity index (χ1v) is 11.2. The van der Waals surface area contributed by atoms with Crippen LogP contribution in [0.5, 0.6) is 5.75 Å². The van der Waals surface area contributed by atoms with Crippen LogP contribution in [-0.4, -0.2) is 47.1 Å². The van der Waals surface area contributed by atoms with E-state index in [1.807, 2.05) is 41.3 Å². The number of rotatable bonds is 9. The molecule has 0 fully saturated rings. The lowest BCUT2D eigenvalue weighted by Crippen LogP contribution is -2.36. The zero-order valence-corrected chi connectivity index (χ0v) is 18.8. The molecule has 172 valence electrons. The maximum Gasteiger partial charge on any atom is 0.227 e. The van der Waals surface area contributed by atoms with Gasteiger partial charge in [-0.1, -0.05) is 29.4 Å². The quantitative estimate of drug-likeness (QED) is 0.505. The molecule has 1 aliphatic heterocycles. The van der Waals surface area contributed by atoms with Crippen molar-refractivity contribution in [3.05, 3.63) is 65.5 Å². The molecule has 8 nitrogen and oxygen atoms in total. The van der Waals surface area contributed by atoms with Crippen LogP contribution in [0.3, 0.4) is 0 Å². The molecule has 0 radical (unpaired) electrons. The molecular formula is C25H28N4O4. The van der Waals surface area contributed by atoms with Crippen molar-refractivity contribution >= 4 is 11.8 Å². The Bertz CT molecular complexity index is 1090. The summed E-state index contributed by atoms with van der Waals surface area (Å²) in [5.74, 6) is 1.68. The van der Waals surface area contributed by atoms with Crippen molar-refractivity contribution < 1.29 is 18.8 Å². The Morgan fingerprint density at radius 3 is 2.67 bits per heavy atom. The lowest BCUT2D eigenvalue weighted by atomic mass is 9.99. The van der Waals surface area contributed by atoms with Gasteiger partial charge in [0.15, 0.2) is 0 Å². The second-order valence-corrected chi connectivity index (χ2v) is 8.03. The maximum atomic E-state index is 12.5. The molecule has 2 aromatic carbocycles. The third-order valence-corrected chi connectivity index (χ3v) is 5.76. The smallest absolute Gasteiger partial charge is 0.227 e. The monoisotopic (exact) mass is 448 g/mol. The SMILES string of the molecule is COc1ccc(-c2noc(CCC(=O)NCCCC(=O)N3CCc4ccccc4C3)n2)cc1. The number of amides is 2. The van der Waals surface area contributed by atoms with Crippen molar-refractivity contribution in [3.63, 3.8) is 0 Å². The van der Waals surface area contributed by atoms with E-state index in [4.69, 9.17) is 9.26 Å². The number of ether oxygens (including phenoxy) is 1. The van der Waals surface area contributed by atoms with E-state index < -0.39 is 0 Å². The van der Waals surface area contributed by atoms with Gasteiger partial charge >= 0.3 is 0 Å². The van der Waals surface area contributed by atoms with Gasteiger partial charge in [-0.25, -0.2) is 0 Å². The summed E-state index contributed by atoms with van der Waals surface area (Å²) in [6.07, 6.45) is 2.55. The molecule has 1 N–H and O–H groups in total. The summed E-state index contributed by atoms with van der Waals surface area (Å²) in [4.78, 5) is 30.9. The summed E-state index contributed by atoms with van der Waals surface area (Å²) in [6.45, 7) is 1.89. The molecule has 4 rings (SSSR count). The highest BCUT2D eigenvalue weighted by atomic mass is 16.5. The van der Waals surface area contributed by atoms with E-state index in [2.05, 4.69) is 27.6 Å². The lowest BCUT2D eigenvalue weighted by Gasteiger charge is -2.29. The average molecular weight is 449 g/mol. The molecule has 2 heterocycles. The Hall–Kier alpha value is -3.68. The largest absolute Gasteiger partial charge is 0.497 e. The number of hydrogen-bond donors (Lipinski definition) is 1. The molecule has 0 bridgehead atoms. The van der Waals surface area contributed by atoms with Crippen LogP contribution in [0, 0.1) is 0 Å². The normalized spacial score (nSPS) is 12.8. The summed E-state index contributed by atoms with van der Waals surface area (Å²) in [5, 5.41) is 6.84. The van der Waals surface area contributed by atoms with Gasteiger partial charge in [0.1, 0.15) is 5.75 Å². The highest BCUT2D eigenvalue weighted by Crippen LogP contribution is 2.20. The number of benzene rings is 2. The van der Waals surface area contributed by atoms with Crippen LogP contribution in [0.1, 0.15) is 36.3 Å². The zero-order chi connectivity index (χ0) is 23.0. The third-order valence-electron chi connectivity index (χ3n) is 5.76. The minimum Gasteiger partial charge on any atom is -0.497 e. The van der Waals surface area contributed by atoms with E-state index >= 15 is 0 Å². The summed E-state index contributed by atoms with van der Waals surface area (Å²) in [7, 11) is 1.61. The molecule has 1 aromatic heterocycles. The van der Waals surface area contributed by atoms with Gasteiger partial charge in [-0.15, -0.1) is 0 Å². The number of methoxy groups -OCH3 is 1. The van der Waals surface area contributed by atoms with Gasteiger partial charge in [0, 0.05) is 44.5 Å². The number of carbonyl (C=O) groups excluding carboxylic acids is 2. The molecule has 3 aromatic rings. The number of aryl methyl sites for hydroxylation is 1. The van der Waals surface area contributed by atoms with Crippen molar-refractivity contribution in [1.29, 1.82) is 0 Å².